The fraction of sp³-hybridized carbons (Fsp3) is 0.400. The van der Waals surface area contributed by atoms with Crippen LogP contribution in [-0.4, -0.2) is 16.0 Å². The van der Waals surface area contributed by atoms with Crippen molar-refractivity contribution in [3.05, 3.63) is 22.8 Å². The largest absolute Gasteiger partial charge is 0.417 e. The van der Waals surface area contributed by atoms with Crippen LogP contribution >= 0.6 is 23.4 Å². The van der Waals surface area contributed by atoms with E-state index < -0.39 is 17.0 Å². The van der Waals surface area contributed by atoms with Crippen molar-refractivity contribution < 1.29 is 18.0 Å². The quantitative estimate of drug-likeness (QED) is 0.790. The van der Waals surface area contributed by atoms with Crippen molar-refractivity contribution >= 4 is 29.1 Å². The maximum Gasteiger partial charge on any atom is 0.417 e. The molecule has 0 radical (unpaired) electrons. The van der Waals surface area contributed by atoms with E-state index in [2.05, 4.69) is 4.98 Å². The van der Waals surface area contributed by atoms with Gasteiger partial charge in [-0.05, 0) is 19.9 Å². The SMILES string of the molecule is CC(=O)[C@H](C)Sc1ncc(C(F)(F)F)cc1Cl. The second kappa shape index (κ2) is 5.27. The molecule has 1 rings (SSSR count). The summed E-state index contributed by atoms with van der Waals surface area (Å²) in [7, 11) is 0. The highest BCUT2D eigenvalue weighted by Crippen LogP contribution is 2.34. The molecule has 0 fully saturated rings. The molecule has 0 aliphatic carbocycles. The van der Waals surface area contributed by atoms with Gasteiger partial charge in [-0.2, -0.15) is 13.2 Å². The average molecular weight is 284 g/mol. The maximum atomic E-state index is 12.3. The van der Waals surface area contributed by atoms with Crippen LogP contribution in [0.3, 0.4) is 0 Å². The summed E-state index contributed by atoms with van der Waals surface area (Å²) in [5, 5.41) is -0.267. The van der Waals surface area contributed by atoms with Crippen LogP contribution in [-0.2, 0) is 11.0 Å². The summed E-state index contributed by atoms with van der Waals surface area (Å²) < 4.78 is 37.0. The first-order valence-electron chi connectivity index (χ1n) is 4.61. The molecular formula is C10H9ClF3NOS. The predicted molar refractivity (Wildman–Crippen MR) is 60.2 cm³/mol. The molecule has 7 heteroatoms. The number of hydrogen-bond acceptors (Lipinski definition) is 3. The Hall–Kier alpha value is -0.750. The lowest BCUT2D eigenvalue weighted by Gasteiger charge is -2.10. The van der Waals surface area contributed by atoms with Gasteiger partial charge in [-0.3, -0.25) is 4.79 Å². The molecule has 1 aromatic rings. The van der Waals surface area contributed by atoms with Crippen LogP contribution < -0.4 is 0 Å². The summed E-state index contributed by atoms with van der Waals surface area (Å²) in [6.07, 6.45) is -3.76. The monoisotopic (exact) mass is 283 g/mol. The lowest BCUT2D eigenvalue weighted by atomic mass is 10.3. The summed E-state index contributed by atoms with van der Waals surface area (Å²) in [6, 6.07) is 0.809. The van der Waals surface area contributed by atoms with E-state index in [9.17, 15) is 18.0 Å². The molecule has 1 heterocycles. The van der Waals surface area contributed by atoms with E-state index >= 15 is 0 Å². The number of ketones is 1. The number of pyridine rings is 1. The number of aromatic nitrogens is 1. The van der Waals surface area contributed by atoms with Crippen LogP contribution in [0.4, 0.5) is 13.2 Å². The van der Waals surface area contributed by atoms with E-state index in [-0.39, 0.29) is 15.8 Å². The van der Waals surface area contributed by atoms with E-state index in [0.717, 1.165) is 17.8 Å². The molecule has 0 saturated carbocycles. The van der Waals surface area contributed by atoms with Crippen LogP contribution in [0.25, 0.3) is 0 Å². The summed E-state index contributed by atoms with van der Waals surface area (Å²) in [4.78, 5) is 14.6. The minimum Gasteiger partial charge on any atom is -0.299 e. The van der Waals surface area contributed by atoms with Crippen LogP contribution in [0.15, 0.2) is 17.3 Å². The Morgan fingerprint density at radius 1 is 1.53 bits per heavy atom. The van der Waals surface area contributed by atoms with E-state index in [1.807, 2.05) is 0 Å². The van der Waals surface area contributed by atoms with Gasteiger partial charge in [-0.25, -0.2) is 4.98 Å². The minimum atomic E-state index is -4.47. The smallest absolute Gasteiger partial charge is 0.299 e. The van der Waals surface area contributed by atoms with Gasteiger partial charge in [-0.1, -0.05) is 23.4 Å². The van der Waals surface area contributed by atoms with E-state index in [1.54, 1.807) is 6.92 Å². The molecule has 1 atom stereocenters. The summed E-state index contributed by atoms with van der Waals surface area (Å²) >= 11 is 6.73. The van der Waals surface area contributed by atoms with Crippen LogP contribution in [0.2, 0.25) is 5.02 Å². The molecule has 0 unspecified atom stereocenters. The van der Waals surface area contributed by atoms with Crippen molar-refractivity contribution in [2.75, 3.05) is 0 Å². The second-order valence-corrected chi connectivity index (χ2v) is 5.12. The fourth-order valence-electron chi connectivity index (χ4n) is 0.918. The zero-order valence-corrected chi connectivity index (χ0v) is 10.6. The Kier molecular flexibility index (Phi) is 4.43. The topological polar surface area (TPSA) is 30.0 Å². The molecule has 0 aromatic carbocycles. The zero-order chi connectivity index (χ0) is 13.2. The number of carbonyl (C=O) groups excluding carboxylic acids is 1. The van der Waals surface area contributed by atoms with Crippen molar-refractivity contribution in [1.82, 2.24) is 4.98 Å². The first kappa shape index (κ1) is 14.3. The highest BCUT2D eigenvalue weighted by atomic mass is 35.5. The molecule has 0 amide bonds. The van der Waals surface area contributed by atoms with E-state index in [1.165, 1.54) is 6.92 Å². The number of rotatable bonds is 3. The lowest BCUT2D eigenvalue weighted by Crippen LogP contribution is -2.09. The molecule has 0 aliphatic rings. The Morgan fingerprint density at radius 3 is 2.53 bits per heavy atom. The fourth-order valence-corrected chi connectivity index (χ4v) is 2.00. The summed E-state index contributed by atoms with van der Waals surface area (Å²) in [5.74, 6) is -0.0900. The Bertz CT molecular complexity index is 436. The first-order valence-corrected chi connectivity index (χ1v) is 5.87. The average Bonchev–Trinajstić information content (AvgIpc) is 2.19. The predicted octanol–water partition coefficient (Wildman–Crippen LogP) is 3.82. The third-order valence-electron chi connectivity index (χ3n) is 2.00. The first-order chi connectivity index (χ1) is 7.71. The van der Waals surface area contributed by atoms with Gasteiger partial charge in [0.2, 0.25) is 0 Å². The standard InChI is InChI=1S/C10H9ClF3NOS/c1-5(16)6(2)17-9-8(11)3-7(4-15-9)10(12,13)14/h3-4,6H,1-2H3/t6-/m0/s1. The third-order valence-corrected chi connectivity index (χ3v) is 3.63. The minimum absolute atomic E-state index is 0.0900. The molecule has 0 bridgehead atoms. The zero-order valence-electron chi connectivity index (χ0n) is 9.01. The number of halogens is 4. The van der Waals surface area contributed by atoms with Gasteiger partial charge in [0.1, 0.15) is 10.8 Å². The normalized spacial score (nSPS) is 13.5. The molecule has 0 N–H and O–H groups in total. The van der Waals surface area contributed by atoms with Gasteiger partial charge < -0.3 is 0 Å². The van der Waals surface area contributed by atoms with E-state index in [4.69, 9.17) is 11.6 Å². The van der Waals surface area contributed by atoms with Gasteiger partial charge in [0.05, 0.1) is 15.8 Å². The number of alkyl halides is 3. The van der Waals surface area contributed by atoms with Crippen LogP contribution in [0, 0.1) is 0 Å². The van der Waals surface area contributed by atoms with Crippen molar-refractivity contribution in [3.8, 4) is 0 Å². The second-order valence-electron chi connectivity index (χ2n) is 3.38. The van der Waals surface area contributed by atoms with Crippen molar-refractivity contribution in [1.29, 1.82) is 0 Å². The molecule has 2 nitrogen and oxygen atoms in total. The highest BCUT2D eigenvalue weighted by Gasteiger charge is 2.31. The molecule has 0 spiro atoms. The van der Waals surface area contributed by atoms with Gasteiger partial charge in [0, 0.05) is 6.20 Å². The van der Waals surface area contributed by atoms with E-state index in [0.29, 0.717) is 6.20 Å². The molecule has 1 aromatic heterocycles. The Labute approximate surface area is 106 Å². The Morgan fingerprint density at radius 2 is 2.12 bits per heavy atom. The number of thioether (sulfide) groups is 1. The number of Topliss-reactive ketones (excluding diaryl/α,β-unsaturated/α-hetero) is 1. The van der Waals surface area contributed by atoms with Crippen LogP contribution in [0.5, 0.6) is 0 Å². The van der Waals surface area contributed by atoms with Gasteiger partial charge >= 0.3 is 6.18 Å². The number of nitrogens with zero attached hydrogens (tertiary/aromatic N) is 1. The highest BCUT2D eigenvalue weighted by molar-refractivity contribution is 8.00. The molecule has 0 saturated heterocycles. The third kappa shape index (κ3) is 3.89. The summed E-state index contributed by atoms with van der Waals surface area (Å²) in [5.41, 5.74) is -0.901. The number of carbonyl (C=O) groups is 1. The van der Waals surface area contributed by atoms with Crippen molar-refractivity contribution in [3.63, 3.8) is 0 Å². The van der Waals surface area contributed by atoms with Gasteiger partial charge in [0.15, 0.2) is 0 Å². The molecule has 0 aliphatic heterocycles. The van der Waals surface area contributed by atoms with Crippen LogP contribution in [0.1, 0.15) is 19.4 Å². The lowest BCUT2D eigenvalue weighted by molar-refractivity contribution is -0.137. The Balaban J connectivity index is 2.95. The van der Waals surface area contributed by atoms with Crippen molar-refractivity contribution in [2.45, 2.75) is 30.3 Å². The molecular weight excluding hydrogens is 275 g/mol. The number of hydrogen-bond donors (Lipinski definition) is 0. The van der Waals surface area contributed by atoms with Gasteiger partial charge in [-0.15, -0.1) is 0 Å². The van der Waals surface area contributed by atoms with Gasteiger partial charge in [0.25, 0.3) is 0 Å². The molecule has 17 heavy (non-hydrogen) atoms. The molecule has 94 valence electrons. The summed E-state index contributed by atoms with van der Waals surface area (Å²) in [6.45, 7) is 3.04. The van der Waals surface area contributed by atoms with Crippen molar-refractivity contribution in [2.24, 2.45) is 0 Å². The maximum absolute atomic E-state index is 12.3.